The molecule has 2 aromatic heterocycles. The van der Waals surface area contributed by atoms with Crippen LogP contribution in [0.3, 0.4) is 0 Å². The number of primary amides is 1. The standard InChI is InChI=1S/C14H14BrN5O6S/c1-6-9(14(23)26-2)13(27-10(6)11(16)22)17-8(21)3-4-19-5-7(15)12(18-19)20(24)25/h5H,3-4H2,1-2H3,(H2,16,22)(H,17,21). The number of rotatable bonds is 7. The van der Waals surface area contributed by atoms with Crippen molar-refractivity contribution in [3.05, 3.63) is 36.8 Å². The molecule has 0 atom stereocenters. The van der Waals surface area contributed by atoms with Crippen molar-refractivity contribution in [2.24, 2.45) is 5.73 Å². The fourth-order valence-electron chi connectivity index (χ4n) is 2.21. The summed E-state index contributed by atoms with van der Waals surface area (Å²) in [6.07, 6.45) is 1.31. The Bertz CT molecular complexity index is 937. The van der Waals surface area contributed by atoms with E-state index in [1.165, 1.54) is 24.9 Å². The smallest absolute Gasteiger partial charge is 0.404 e. The van der Waals surface area contributed by atoms with Crippen LogP contribution in [0.4, 0.5) is 10.8 Å². The average Bonchev–Trinajstić information content (AvgIpc) is 3.12. The molecule has 2 amide bonds. The Hall–Kier alpha value is -2.80. The molecular formula is C14H14BrN5O6S. The third kappa shape index (κ3) is 4.49. The van der Waals surface area contributed by atoms with Crippen LogP contribution in [0, 0.1) is 17.0 Å². The van der Waals surface area contributed by atoms with Crippen LogP contribution in [-0.2, 0) is 16.1 Å². The van der Waals surface area contributed by atoms with E-state index in [0.29, 0.717) is 5.56 Å². The van der Waals surface area contributed by atoms with Gasteiger partial charge in [-0.1, -0.05) is 0 Å². The lowest BCUT2D eigenvalue weighted by Crippen LogP contribution is -2.16. The number of nitrogens with two attached hydrogens (primary N) is 1. The van der Waals surface area contributed by atoms with Gasteiger partial charge in [0.15, 0.2) is 0 Å². The van der Waals surface area contributed by atoms with Crippen molar-refractivity contribution in [3.63, 3.8) is 0 Å². The number of ether oxygens (including phenoxy) is 1. The molecule has 0 radical (unpaired) electrons. The third-order valence-electron chi connectivity index (χ3n) is 3.45. The van der Waals surface area contributed by atoms with Crippen molar-refractivity contribution in [2.45, 2.75) is 19.9 Å². The average molecular weight is 460 g/mol. The van der Waals surface area contributed by atoms with Crippen LogP contribution in [0.5, 0.6) is 0 Å². The van der Waals surface area contributed by atoms with Crippen LogP contribution in [0.1, 0.15) is 32.0 Å². The predicted molar refractivity (Wildman–Crippen MR) is 98.7 cm³/mol. The van der Waals surface area contributed by atoms with Gasteiger partial charge in [0, 0.05) is 6.42 Å². The molecule has 0 aliphatic carbocycles. The molecule has 0 aliphatic rings. The zero-order valence-electron chi connectivity index (χ0n) is 14.1. The van der Waals surface area contributed by atoms with Crippen molar-refractivity contribution in [1.29, 1.82) is 0 Å². The summed E-state index contributed by atoms with van der Waals surface area (Å²) < 4.78 is 6.12. The van der Waals surface area contributed by atoms with Gasteiger partial charge < -0.3 is 25.9 Å². The summed E-state index contributed by atoms with van der Waals surface area (Å²) in [5.41, 5.74) is 5.66. The highest BCUT2D eigenvalue weighted by Crippen LogP contribution is 2.33. The lowest BCUT2D eigenvalue weighted by atomic mass is 10.1. The molecule has 0 unspecified atom stereocenters. The monoisotopic (exact) mass is 459 g/mol. The maximum Gasteiger partial charge on any atom is 0.404 e. The minimum absolute atomic E-state index is 0.0575. The number of anilines is 1. The van der Waals surface area contributed by atoms with Gasteiger partial charge in [0.05, 0.1) is 35.4 Å². The van der Waals surface area contributed by atoms with Crippen molar-refractivity contribution in [3.8, 4) is 0 Å². The number of aromatic nitrogens is 2. The molecule has 2 heterocycles. The highest BCUT2D eigenvalue weighted by Gasteiger charge is 2.25. The van der Waals surface area contributed by atoms with Gasteiger partial charge in [0.25, 0.3) is 5.91 Å². The lowest BCUT2D eigenvalue weighted by molar-refractivity contribution is -0.390. The van der Waals surface area contributed by atoms with Gasteiger partial charge in [-0.3, -0.25) is 9.59 Å². The molecule has 0 saturated heterocycles. The molecule has 0 aromatic carbocycles. The number of nitrogens with zero attached hydrogens (tertiary/aromatic N) is 3. The Labute approximate surface area is 164 Å². The fraction of sp³-hybridized carbons (Fsp3) is 0.286. The second kappa shape index (κ2) is 8.26. The molecule has 2 aromatic rings. The summed E-state index contributed by atoms with van der Waals surface area (Å²) in [6.45, 7) is 1.60. The second-order valence-corrected chi connectivity index (χ2v) is 7.11. The molecule has 0 fully saturated rings. The van der Waals surface area contributed by atoms with Gasteiger partial charge in [0.2, 0.25) is 5.91 Å². The molecule has 0 aliphatic heterocycles. The first-order valence-corrected chi connectivity index (χ1v) is 8.95. The number of aryl methyl sites for hydroxylation is 1. The van der Waals surface area contributed by atoms with Gasteiger partial charge >= 0.3 is 11.8 Å². The largest absolute Gasteiger partial charge is 0.465 e. The van der Waals surface area contributed by atoms with E-state index in [1.807, 2.05) is 0 Å². The van der Waals surface area contributed by atoms with Gasteiger partial charge in [0.1, 0.15) is 9.47 Å². The maximum atomic E-state index is 12.2. The Balaban J connectivity index is 2.14. The number of esters is 1. The SMILES string of the molecule is COC(=O)c1c(NC(=O)CCn2cc(Br)c([N+](=O)[O-])n2)sc(C(N)=O)c1C. The molecule has 27 heavy (non-hydrogen) atoms. The Morgan fingerprint density at radius 3 is 2.67 bits per heavy atom. The first kappa shape index (κ1) is 20.5. The third-order valence-corrected chi connectivity index (χ3v) is 5.23. The summed E-state index contributed by atoms with van der Waals surface area (Å²) in [6, 6.07) is 0. The molecule has 144 valence electrons. The molecule has 13 heteroatoms. The number of methoxy groups -OCH3 is 1. The molecule has 3 N–H and O–H groups in total. The van der Waals surface area contributed by atoms with Gasteiger partial charge in [-0.25, -0.2) is 4.79 Å². The van der Waals surface area contributed by atoms with Crippen molar-refractivity contribution < 1.29 is 24.0 Å². The van der Waals surface area contributed by atoms with E-state index >= 15 is 0 Å². The van der Waals surface area contributed by atoms with Crippen molar-refractivity contribution >= 4 is 55.9 Å². The zero-order valence-corrected chi connectivity index (χ0v) is 16.5. The van der Waals surface area contributed by atoms with E-state index in [-0.39, 0.29) is 38.7 Å². The van der Waals surface area contributed by atoms with Crippen LogP contribution < -0.4 is 11.1 Å². The molecule has 2 rings (SSSR count). The normalized spacial score (nSPS) is 10.5. The maximum absolute atomic E-state index is 12.2. The predicted octanol–water partition coefficient (Wildman–Crippen LogP) is 1.84. The summed E-state index contributed by atoms with van der Waals surface area (Å²) >= 11 is 3.89. The minimum Gasteiger partial charge on any atom is -0.465 e. The zero-order chi connectivity index (χ0) is 20.3. The minimum atomic E-state index is -0.725. The van der Waals surface area contributed by atoms with Crippen LogP contribution in [0.25, 0.3) is 0 Å². The molecule has 0 spiro atoms. The molecule has 0 saturated carbocycles. The number of amides is 2. The van der Waals surface area contributed by atoms with Crippen LogP contribution in [-0.4, -0.2) is 39.6 Å². The number of carbonyl (C=O) groups excluding carboxylic acids is 3. The van der Waals surface area contributed by atoms with Crippen LogP contribution >= 0.6 is 27.3 Å². The number of hydrogen-bond acceptors (Lipinski definition) is 8. The fourth-order valence-corrected chi connectivity index (χ4v) is 3.74. The first-order valence-electron chi connectivity index (χ1n) is 7.34. The van der Waals surface area contributed by atoms with Crippen LogP contribution in [0.2, 0.25) is 0 Å². The lowest BCUT2D eigenvalue weighted by Gasteiger charge is -2.05. The van der Waals surface area contributed by atoms with E-state index in [0.717, 1.165) is 11.3 Å². The number of hydrogen-bond donors (Lipinski definition) is 2. The summed E-state index contributed by atoms with van der Waals surface area (Å²) in [5.74, 6) is -2.27. The molecule has 11 nitrogen and oxygen atoms in total. The number of nitrogens with one attached hydrogen (secondary N) is 1. The Kier molecular flexibility index (Phi) is 6.28. The Morgan fingerprint density at radius 2 is 2.15 bits per heavy atom. The first-order chi connectivity index (χ1) is 12.6. The number of thiophene rings is 1. The quantitative estimate of drug-likeness (QED) is 0.362. The second-order valence-electron chi connectivity index (χ2n) is 5.24. The van der Waals surface area contributed by atoms with E-state index < -0.39 is 22.7 Å². The number of halogens is 1. The highest BCUT2D eigenvalue weighted by atomic mass is 79.9. The molecule has 0 bridgehead atoms. The van der Waals surface area contributed by atoms with E-state index in [1.54, 1.807) is 0 Å². The van der Waals surface area contributed by atoms with E-state index in [4.69, 9.17) is 5.73 Å². The van der Waals surface area contributed by atoms with Gasteiger partial charge in [-0.15, -0.1) is 11.3 Å². The van der Waals surface area contributed by atoms with Crippen molar-refractivity contribution in [2.75, 3.05) is 12.4 Å². The number of carbonyl (C=O) groups is 3. The van der Waals surface area contributed by atoms with Crippen LogP contribution in [0.15, 0.2) is 10.7 Å². The topological polar surface area (TPSA) is 159 Å². The van der Waals surface area contributed by atoms with E-state index in [2.05, 4.69) is 31.1 Å². The number of nitro groups is 1. The molecular weight excluding hydrogens is 446 g/mol. The summed E-state index contributed by atoms with van der Waals surface area (Å²) in [4.78, 5) is 45.9. The summed E-state index contributed by atoms with van der Waals surface area (Å²) in [5, 5.41) is 17.2. The highest BCUT2D eigenvalue weighted by molar-refractivity contribution is 9.10. The summed E-state index contributed by atoms with van der Waals surface area (Å²) in [7, 11) is 1.18. The van der Waals surface area contributed by atoms with Crippen molar-refractivity contribution in [1.82, 2.24) is 9.78 Å². The van der Waals surface area contributed by atoms with Gasteiger partial charge in [-0.05, 0) is 33.3 Å². The Morgan fingerprint density at radius 1 is 1.48 bits per heavy atom. The van der Waals surface area contributed by atoms with Gasteiger partial charge in [-0.2, -0.15) is 4.68 Å². The van der Waals surface area contributed by atoms with E-state index in [9.17, 15) is 24.5 Å².